The summed E-state index contributed by atoms with van der Waals surface area (Å²) < 4.78 is 27.6. The van der Waals surface area contributed by atoms with Gasteiger partial charge in [0.05, 0.1) is 11.7 Å². The van der Waals surface area contributed by atoms with E-state index in [4.69, 9.17) is 23.8 Å². The van der Waals surface area contributed by atoms with Crippen LogP contribution in [0.5, 0.6) is 0 Å². The van der Waals surface area contributed by atoms with Crippen molar-refractivity contribution in [2.45, 2.75) is 13.0 Å². The van der Waals surface area contributed by atoms with E-state index in [1.807, 2.05) is 0 Å². The number of nitrogens with one attached hydrogen (secondary N) is 2. The molecule has 1 heterocycles. The first kappa shape index (κ1) is 17.5. The molecular weight excluding hydrogens is 366 g/mol. The van der Waals surface area contributed by atoms with Crippen LogP contribution in [0.3, 0.4) is 0 Å². The molecule has 3 rings (SSSR count). The Morgan fingerprint density at radius 2 is 1.84 bits per heavy atom. The zero-order valence-corrected chi connectivity index (χ0v) is 14.6. The van der Waals surface area contributed by atoms with Gasteiger partial charge in [0.15, 0.2) is 10.9 Å². The summed E-state index contributed by atoms with van der Waals surface area (Å²) in [5.74, 6) is -1.24. The molecule has 0 saturated carbocycles. The highest BCUT2D eigenvalue weighted by molar-refractivity contribution is 7.80. The van der Waals surface area contributed by atoms with Gasteiger partial charge in [0.2, 0.25) is 0 Å². The molecule has 1 aliphatic rings. The number of hydrogen-bond acceptors (Lipinski definition) is 2. The Morgan fingerprint density at radius 3 is 2.44 bits per heavy atom. The lowest BCUT2D eigenvalue weighted by Gasteiger charge is -2.31. The first-order valence-corrected chi connectivity index (χ1v) is 8.19. The lowest BCUT2D eigenvalue weighted by molar-refractivity contribution is -0.113. The van der Waals surface area contributed by atoms with Gasteiger partial charge in [-0.2, -0.15) is 0 Å². The molecule has 0 unspecified atom stereocenters. The normalized spacial score (nSPS) is 17.1. The maximum Gasteiger partial charge on any atom is 0.171 e. The molecule has 0 radical (unpaired) electrons. The number of carbonyl (C=O) groups is 1. The quantitative estimate of drug-likeness (QED) is 0.788. The minimum atomic E-state index is -0.847. The van der Waals surface area contributed by atoms with Crippen molar-refractivity contribution < 1.29 is 13.6 Å². The predicted molar refractivity (Wildman–Crippen MR) is 97.0 cm³/mol. The van der Waals surface area contributed by atoms with Gasteiger partial charge in [-0.1, -0.05) is 17.7 Å². The predicted octanol–water partition coefficient (Wildman–Crippen LogP) is 4.14. The first-order chi connectivity index (χ1) is 11.9. The number of Topliss-reactive ketones (excluding diaryl/α,β-unsaturated/α-hetero) is 1. The van der Waals surface area contributed by atoms with Gasteiger partial charge in [-0.15, -0.1) is 0 Å². The van der Waals surface area contributed by atoms with Crippen molar-refractivity contribution in [1.82, 2.24) is 10.6 Å². The monoisotopic (exact) mass is 378 g/mol. The number of halogens is 3. The van der Waals surface area contributed by atoms with Crippen molar-refractivity contribution in [2.24, 2.45) is 0 Å². The molecule has 2 N–H and O–H groups in total. The Hall–Kier alpha value is -2.31. The second kappa shape index (κ2) is 6.90. The summed E-state index contributed by atoms with van der Waals surface area (Å²) >= 11 is 11.4. The molecule has 0 aromatic heterocycles. The van der Waals surface area contributed by atoms with Crippen molar-refractivity contribution in [1.29, 1.82) is 0 Å². The third-order valence-corrected chi connectivity index (χ3v) is 4.42. The summed E-state index contributed by atoms with van der Waals surface area (Å²) in [6.45, 7) is 1.37. The minimum absolute atomic E-state index is 0.137. The van der Waals surface area contributed by atoms with E-state index in [0.29, 0.717) is 11.3 Å². The fourth-order valence-corrected chi connectivity index (χ4v) is 3.28. The molecule has 0 amide bonds. The highest BCUT2D eigenvalue weighted by atomic mass is 35.5. The summed E-state index contributed by atoms with van der Waals surface area (Å²) in [4.78, 5) is 12.3. The fourth-order valence-electron chi connectivity index (χ4n) is 2.79. The molecule has 3 nitrogen and oxygen atoms in total. The maximum absolute atomic E-state index is 14.4. The van der Waals surface area contributed by atoms with Crippen LogP contribution in [0.25, 0.3) is 5.70 Å². The topological polar surface area (TPSA) is 41.1 Å². The van der Waals surface area contributed by atoms with Crippen LogP contribution in [0.2, 0.25) is 5.02 Å². The van der Waals surface area contributed by atoms with E-state index < -0.39 is 17.7 Å². The number of thiocarbonyl (C=S) groups is 1. The summed E-state index contributed by atoms with van der Waals surface area (Å²) in [5.41, 5.74) is 1.37. The van der Waals surface area contributed by atoms with Crippen molar-refractivity contribution >= 4 is 40.4 Å². The highest BCUT2D eigenvalue weighted by Crippen LogP contribution is 2.36. The average Bonchev–Trinajstić information content (AvgIpc) is 2.54. The van der Waals surface area contributed by atoms with Gasteiger partial charge in [0.25, 0.3) is 0 Å². The van der Waals surface area contributed by atoms with Crippen LogP contribution in [0, 0.1) is 11.6 Å². The summed E-state index contributed by atoms with van der Waals surface area (Å²) in [6, 6.07) is 9.04. The van der Waals surface area contributed by atoms with Crippen LogP contribution in [0.4, 0.5) is 8.78 Å². The van der Waals surface area contributed by atoms with E-state index in [-0.39, 0.29) is 27.1 Å². The Morgan fingerprint density at radius 1 is 1.16 bits per heavy atom. The number of carbonyl (C=O) groups excluding carboxylic acids is 1. The van der Waals surface area contributed by atoms with Gasteiger partial charge in [-0.3, -0.25) is 4.79 Å². The van der Waals surface area contributed by atoms with Crippen molar-refractivity contribution in [3.05, 3.63) is 75.8 Å². The van der Waals surface area contributed by atoms with Crippen LogP contribution < -0.4 is 10.6 Å². The molecule has 0 fully saturated rings. The maximum atomic E-state index is 14.4. The molecule has 1 atom stereocenters. The Balaban J connectivity index is 2.24. The summed E-state index contributed by atoms with van der Waals surface area (Å²) in [6.07, 6.45) is 0. The van der Waals surface area contributed by atoms with Gasteiger partial charge in [-0.25, -0.2) is 8.78 Å². The van der Waals surface area contributed by atoms with E-state index in [0.717, 1.165) is 0 Å². The van der Waals surface area contributed by atoms with Gasteiger partial charge >= 0.3 is 0 Å². The molecule has 2 aromatic rings. The summed E-state index contributed by atoms with van der Waals surface area (Å²) in [7, 11) is 0. The molecular formula is C18H13ClF2N2OS. The van der Waals surface area contributed by atoms with E-state index in [2.05, 4.69) is 10.6 Å². The SMILES string of the molecule is CC(=O)C1=C(c2ccc(F)cc2)NC(=S)N[C@H]1c1c(F)cccc1Cl. The number of hydrogen-bond donors (Lipinski definition) is 2. The Bertz CT molecular complexity index is 876. The molecule has 1 aliphatic heterocycles. The average molecular weight is 379 g/mol. The molecule has 128 valence electrons. The molecule has 0 spiro atoms. The summed E-state index contributed by atoms with van der Waals surface area (Å²) in [5, 5.41) is 6.21. The van der Waals surface area contributed by atoms with E-state index in [1.54, 1.807) is 6.07 Å². The second-order valence-corrected chi connectivity index (χ2v) is 6.33. The van der Waals surface area contributed by atoms with E-state index in [9.17, 15) is 13.6 Å². The Kier molecular flexibility index (Phi) is 4.83. The van der Waals surface area contributed by atoms with Gasteiger partial charge in [-0.05, 0) is 61.1 Å². The molecule has 0 aliphatic carbocycles. The minimum Gasteiger partial charge on any atom is -0.351 e. The smallest absolute Gasteiger partial charge is 0.171 e. The number of ketones is 1. The molecule has 7 heteroatoms. The number of benzene rings is 2. The van der Waals surface area contributed by atoms with Gasteiger partial charge in [0, 0.05) is 16.2 Å². The first-order valence-electron chi connectivity index (χ1n) is 7.41. The third kappa shape index (κ3) is 3.41. The van der Waals surface area contributed by atoms with Crippen LogP contribution in [0.15, 0.2) is 48.0 Å². The third-order valence-electron chi connectivity index (χ3n) is 3.87. The molecule has 2 aromatic carbocycles. The zero-order valence-electron chi connectivity index (χ0n) is 13.1. The fraction of sp³-hybridized carbons (Fsp3) is 0.111. The van der Waals surface area contributed by atoms with Crippen LogP contribution in [-0.4, -0.2) is 10.9 Å². The lowest BCUT2D eigenvalue weighted by Crippen LogP contribution is -2.45. The number of rotatable bonds is 3. The van der Waals surface area contributed by atoms with Gasteiger partial charge in [0.1, 0.15) is 11.6 Å². The molecule has 0 saturated heterocycles. The Labute approximate surface area is 153 Å². The van der Waals surface area contributed by atoms with E-state index >= 15 is 0 Å². The highest BCUT2D eigenvalue weighted by Gasteiger charge is 2.33. The molecule has 25 heavy (non-hydrogen) atoms. The second-order valence-electron chi connectivity index (χ2n) is 5.52. The zero-order chi connectivity index (χ0) is 18.1. The van der Waals surface area contributed by atoms with Crippen molar-refractivity contribution in [3.8, 4) is 0 Å². The van der Waals surface area contributed by atoms with Crippen LogP contribution in [-0.2, 0) is 4.79 Å². The largest absolute Gasteiger partial charge is 0.351 e. The van der Waals surface area contributed by atoms with Crippen LogP contribution >= 0.6 is 23.8 Å². The lowest BCUT2D eigenvalue weighted by atomic mass is 9.90. The van der Waals surface area contributed by atoms with Crippen molar-refractivity contribution in [3.63, 3.8) is 0 Å². The van der Waals surface area contributed by atoms with E-state index in [1.165, 1.54) is 43.3 Å². The van der Waals surface area contributed by atoms with Crippen LogP contribution in [0.1, 0.15) is 24.1 Å². The van der Waals surface area contributed by atoms with Crippen molar-refractivity contribution in [2.75, 3.05) is 0 Å². The standard InChI is InChI=1S/C18H13ClF2N2OS/c1-9(24)14-16(10-5-7-11(20)8-6-10)22-18(25)23-17(14)15-12(19)3-2-4-13(15)21/h2-8,17H,1H3,(H2,22,23,25)/t17-/m1/s1. The van der Waals surface area contributed by atoms with Gasteiger partial charge < -0.3 is 10.6 Å². The molecule has 0 bridgehead atoms.